The van der Waals surface area contributed by atoms with E-state index >= 15 is 0 Å². The number of rotatable bonds is 9. The van der Waals surface area contributed by atoms with Gasteiger partial charge >= 0.3 is 0 Å². The molecule has 6 heteroatoms. The van der Waals surface area contributed by atoms with E-state index in [1.165, 1.54) is 5.56 Å². The number of hydrogen-bond donors (Lipinski definition) is 4. The van der Waals surface area contributed by atoms with Crippen LogP contribution < -0.4 is 16.0 Å². The number of nitrogens with one attached hydrogen (secondary N) is 4. The first-order valence-corrected chi connectivity index (χ1v) is 10.9. The predicted molar refractivity (Wildman–Crippen MR) is 125 cm³/mol. The first-order chi connectivity index (χ1) is 14.7. The number of likely N-dealkylation sites (N-methyl/N-ethyl adjacent to an activating group) is 1. The quantitative estimate of drug-likeness (QED) is 0.502. The van der Waals surface area contributed by atoms with Crippen molar-refractivity contribution in [3.63, 3.8) is 0 Å². The summed E-state index contributed by atoms with van der Waals surface area (Å²) < 4.78 is 0. The number of hydrogen-bond acceptors (Lipinski definition) is 5. The van der Waals surface area contributed by atoms with Gasteiger partial charge in [-0.2, -0.15) is 0 Å². The number of nitrogens with zero attached hydrogens (tertiary/aromatic N) is 2. The topological polar surface area (TPSA) is 77.1 Å². The first kappa shape index (κ1) is 22.0. The van der Waals surface area contributed by atoms with E-state index in [1.54, 1.807) is 0 Å². The smallest absolute Gasteiger partial charge is 0.123 e. The molecule has 1 aromatic carbocycles. The fourth-order valence-corrected chi connectivity index (χ4v) is 3.78. The third-order valence-corrected chi connectivity index (χ3v) is 5.56. The number of aromatic amines is 1. The molecule has 4 N–H and O–H groups in total. The second kappa shape index (κ2) is 10.9. The molecule has 3 rings (SSSR count). The summed E-state index contributed by atoms with van der Waals surface area (Å²) in [5.74, 6) is 2.09. The third kappa shape index (κ3) is 5.26. The SMILES string of the molecule is CCC[C@H](NC)c1ncc(-c2cccc(C3/C=C/N=C([C@H](CC)NC)N/C=C/3)c2)[nH]1. The van der Waals surface area contributed by atoms with Gasteiger partial charge in [-0.05, 0) is 50.3 Å². The van der Waals surface area contributed by atoms with Crippen molar-refractivity contribution in [2.24, 2.45) is 4.99 Å². The van der Waals surface area contributed by atoms with E-state index in [0.29, 0.717) is 0 Å². The van der Waals surface area contributed by atoms with Crippen LogP contribution >= 0.6 is 0 Å². The van der Waals surface area contributed by atoms with Crippen LogP contribution in [0.25, 0.3) is 11.3 Å². The van der Waals surface area contributed by atoms with Crippen molar-refractivity contribution >= 4 is 5.84 Å². The minimum atomic E-state index is 0.157. The zero-order valence-electron chi connectivity index (χ0n) is 18.4. The molecule has 0 bridgehead atoms. The Morgan fingerprint density at radius 3 is 2.67 bits per heavy atom. The maximum absolute atomic E-state index is 4.62. The van der Waals surface area contributed by atoms with Crippen LogP contribution in [-0.4, -0.2) is 35.9 Å². The highest BCUT2D eigenvalue weighted by Gasteiger charge is 2.15. The molecule has 160 valence electrons. The Labute approximate surface area is 180 Å². The number of aromatic nitrogens is 2. The van der Waals surface area contributed by atoms with E-state index in [4.69, 9.17) is 0 Å². The molecule has 1 aliphatic rings. The van der Waals surface area contributed by atoms with Gasteiger partial charge in [-0.1, -0.05) is 50.6 Å². The molecular weight excluding hydrogens is 372 g/mol. The molecule has 1 unspecified atom stereocenters. The molecule has 1 aromatic heterocycles. The van der Waals surface area contributed by atoms with Gasteiger partial charge in [0.1, 0.15) is 11.7 Å². The van der Waals surface area contributed by atoms with Crippen LogP contribution in [0.5, 0.6) is 0 Å². The summed E-state index contributed by atoms with van der Waals surface area (Å²) in [4.78, 5) is 12.7. The lowest BCUT2D eigenvalue weighted by Gasteiger charge is -2.18. The molecule has 3 atom stereocenters. The average molecular weight is 407 g/mol. The van der Waals surface area contributed by atoms with Gasteiger partial charge in [-0.25, -0.2) is 9.98 Å². The molecule has 0 spiro atoms. The summed E-state index contributed by atoms with van der Waals surface area (Å²) in [7, 11) is 3.94. The molecule has 0 saturated carbocycles. The van der Waals surface area contributed by atoms with Gasteiger partial charge in [-0.3, -0.25) is 0 Å². The molecule has 0 fully saturated rings. The highest BCUT2D eigenvalue weighted by molar-refractivity contribution is 5.88. The Hall–Kier alpha value is -2.70. The lowest BCUT2D eigenvalue weighted by atomic mass is 9.96. The zero-order chi connectivity index (χ0) is 21.3. The van der Waals surface area contributed by atoms with Gasteiger partial charge in [-0.15, -0.1) is 0 Å². The molecule has 2 heterocycles. The van der Waals surface area contributed by atoms with Crippen molar-refractivity contribution in [3.05, 3.63) is 66.4 Å². The lowest BCUT2D eigenvalue weighted by Crippen LogP contribution is -2.40. The van der Waals surface area contributed by atoms with Crippen LogP contribution in [0.1, 0.15) is 56.5 Å². The van der Waals surface area contributed by atoms with E-state index in [1.807, 2.05) is 32.7 Å². The van der Waals surface area contributed by atoms with Crippen LogP contribution in [0, 0.1) is 0 Å². The van der Waals surface area contributed by atoms with Crippen LogP contribution in [0.2, 0.25) is 0 Å². The zero-order valence-corrected chi connectivity index (χ0v) is 18.4. The molecule has 2 aromatic rings. The Balaban J connectivity index is 1.80. The van der Waals surface area contributed by atoms with E-state index in [9.17, 15) is 0 Å². The van der Waals surface area contributed by atoms with Crippen LogP contribution in [0.15, 0.2) is 60.0 Å². The third-order valence-electron chi connectivity index (χ3n) is 5.56. The molecule has 6 nitrogen and oxygen atoms in total. The Kier molecular flexibility index (Phi) is 7.99. The lowest BCUT2D eigenvalue weighted by molar-refractivity contribution is 0.518. The second-order valence-electron chi connectivity index (χ2n) is 7.57. The summed E-state index contributed by atoms with van der Waals surface area (Å²) in [5.41, 5.74) is 3.40. The number of amidine groups is 1. The second-order valence-corrected chi connectivity index (χ2v) is 7.57. The molecule has 30 heavy (non-hydrogen) atoms. The van der Waals surface area contributed by atoms with Gasteiger partial charge in [0, 0.05) is 12.1 Å². The summed E-state index contributed by atoms with van der Waals surface area (Å²) in [6.45, 7) is 4.34. The number of benzene rings is 1. The maximum atomic E-state index is 4.62. The molecule has 0 aliphatic carbocycles. The monoisotopic (exact) mass is 406 g/mol. The summed E-state index contributed by atoms with van der Waals surface area (Å²) in [5, 5.41) is 9.97. The van der Waals surface area contributed by atoms with Crippen molar-refractivity contribution in [2.75, 3.05) is 14.1 Å². The van der Waals surface area contributed by atoms with Crippen LogP contribution in [0.3, 0.4) is 0 Å². The summed E-state index contributed by atoms with van der Waals surface area (Å²) in [6.07, 6.45) is 13.3. The van der Waals surface area contributed by atoms with Crippen LogP contribution in [-0.2, 0) is 0 Å². The number of aliphatic imine (C=N–C) groups is 1. The standard InChI is InChI=1S/C24H34N6/c1-5-8-21(26-4)24-29-16-22(30-24)19-10-7-9-18(15-19)17-11-13-27-23(28-14-12-17)20(6-2)25-3/h7,9-17,20-21,25-26H,5-6,8H2,1-4H3,(H,27,28)(H,29,30)/b13-11+,14-12+/t20-,21-/m0/s1. The highest BCUT2D eigenvalue weighted by atomic mass is 15.0. The number of H-pyrrole nitrogens is 1. The van der Waals surface area contributed by atoms with E-state index in [0.717, 1.165) is 42.2 Å². The largest absolute Gasteiger partial charge is 0.349 e. The van der Waals surface area contributed by atoms with Gasteiger partial charge < -0.3 is 20.9 Å². The van der Waals surface area contributed by atoms with Crippen molar-refractivity contribution < 1.29 is 0 Å². The van der Waals surface area contributed by atoms with Gasteiger partial charge in [0.15, 0.2) is 0 Å². The normalized spacial score (nSPS) is 20.4. The Bertz CT molecular complexity index is 891. The van der Waals surface area contributed by atoms with Crippen LogP contribution in [0.4, 0.5) is 0 Å². The Morgan fingerprint density at radius 1 is 1.10 bits per heavy atom. The minimum absolute atomic E-state index is 0.157. The predicted octanol–water partition coefficient (Wildman–Crippen LogP) is 4.25. The van der Waals surface area contributed by atoms with Gasteiger partial charge in [0.25, 0.3) is 0 Å². The molecule has 1 aliphatic heterocycles. The average Bonchev–Trinajstić information content (AvgIpc) is 3.24. The van der Waals surface area contributed by atoms with Gasteiger partial charge in [0.2, 0.25) is 0 Å². The summed E-state index contributed by atoms with van der Waals surface area (Å²) in [6, 6.07) is 9.08. The number of imidazole rings is 1. The van der Waals surface area contributed by atoms with E-state index in [-0.39, 0.29) is 18.0 Å². The van der Waals surface area contributed by atoms with Crippen molar-refractivity contribution in [3.8, 4) is 11.3 Å². The molecule has 0 amide bonds. The fourth-order valence-electron chi connectivity index (χ4n) is 3.78. The molecule has 0 saturated heterocycles. The first-order valence-electron chi connectivity index (χ1n) is 10.9. The van der Waals surface area contributed by atoms with Crippen molar-refractivity contribution in [1.29, 1.82) is 0 Å². The van der Waals surface area contributed by atoms with E-state index < -0.39 is 0 Å². The molecular formula is C24H34N6. The number of allylic oxidation sites excluding steroid dienone is 2. The Morgan fingerprint density at radius 2 is 1.93 bits per heavy atom. The van der Waals surface area contributed by atoms with E-state index in [2.05, 4.69) is 81.2 Å². The molecule has 0 radical (unpaired) electrons. The summed E-state index contributed by atoms with van der Waals surface area (Å²) >= 11 is 0. The fraction of sp³-hybridized carbons (Fsp3) is 0.417. The van der Waals surface area contributed by atoms with Crippen molar-refractivity contribution in [1.82, 2.24) is 25.9 Å². The van der Waals surface area contributed by atoms with Gasteiger partial charge in [0.05, 0.1) is 24.0 Å². The maximum Gasteiger partial charge on any atom is 0.123 e. The van der Waals surface area contributed by atoms with Crippen molar-refractivity contribution in [2.45, 2.75) is 51.1 Å². The highest BCUT2D eigenvalue weighted by Crippen LogP contribution is 2.26. The minimum Gasteiger partial charge on any atom is -0.349 e.